The number of carbonyl (C=O) groups is 1. The minimum atomic E-state index is 0.101. The zero-order chi connectivity index (χ0) is 18.4. The largest absolute Gasteiger partial charge is 0.493 e. The first kappa shape index (κ1) is 18.5. The summed E-state index contributed by atoms with van der Waals surface area (Å²) >= 11 is 1.64. The molecule has 1 aromatic carbocycles. The fourth-order valence-corrected chi connectivity index (χ4v) is 3.76. The van der Waals surface area contributed by atoms with Crippen LogP contribution in [0.3, 0.4) is 0 Å². The summed E-state index contributed by atoms with van der Waals surface area (Å²) in [6.45, 7) is 4.40. The van der Waals surface area contributed by atoms with Crippen LogP contribution in [0.5, 0.6) is 11.5 Å². The van der Waals surface area contributed by atoms with E-state index in [1.54, 1.807) is 31.6 Å². The van der Waals surface area contributed by atoms with Crippen LogP contribution in [-0.2, 0) is 11.3 Å². The number of rotatable bonds is 6. The molecule has 0 bridgehead atoms. The molecule has 1 aliphatic rings. The SMILES string of the molecule is COc1ccc(C[NH+]2CCN(C(=O)/C=C/c3cccs3)CC2)cc1OC. The predicted octanol–water partition coefficient (Wildman–Crippen LogP) is 1.71. The van der Waals surface area contributed by atoms with Crippen molar-refractivity contribution in [1.82, 2.24) is 4.90 Å². The third kappa shape index (κ3) is 4.65. The van der Waals surface area contributed by atoms with Gasteiger partial charge in [-0.1, -0.05) is 6.07 Å². The van der Waals surface area contributed by atoms with Gasteiger partial charge in [0.2, 0.25) is 5.91 Å². The quantitative estimate of drug-likeness (QED) is 0.784. The van der Waals surface area contributed by atoms with Crippen molar-refractivity contribution in [3.05, 3.63) is 52.2 Å². The normalized spacial score (nSPS) is 15.4. The Morgan fingerprint density at radius 2 is 1.96 bits per heavy atom. The number of thiophene rings is 1. The van der Waals surface area contributed by atoms with Crippen LogP contribution in [0.15, 0.2) is 41.8 Å². The van der Waals surface area contributed by atoms with Crippen molar-refractivity contribution >= 4 is 23.3 Å². The Labute approximate surface area is 158 Å². The molecule has 1 aliphatic heterocycles. The highest BCUT2D eigenvalue weighted by Gasteiger charge is 2.22. The maximum absolute atomic E-state index is 12.3. The first-order chi connectivity index (χ1) is 12.7. The molecule has 26 heavy (non-hydrogen) atoms. The minimum absolute atomic E-state index is 0.101. The smallest absolute Gasteiger partial charge is 0.247 e. The Morgan fingerprint density at radius 1 is 1.19 bits per heavy atom. The monoisotopic (exact) mass is 373 g/mol. The summed E-state index contributed by atoms with van der Waals surface area (Å²) in [4.78, 5) is 16.8. The van der Waals surface area contributed by atoms with Gasteiger partial charge in [-0.05, 0) is 35.7 Å². The Bertz CT molecular complexity index is 750. The highest BCUT2D eigenvalue weighted by atomic mass is 32.1. The molecule has 0 spiro atoms. The molecule has 1 fully saturated rings. The molecule has 3 rings (SSSR count). The second-order valence-electron chi connectivity index (χ2n) is 6.29. The summed E-state index contributed by atoms with van der Waals surface area (Å²) in [5.74, 6) is 1.61. The van der Waals surface area contributed by atoms with Gasteiger partial charge < -0.3 is 19.3 Å². The molecule has 5 nitrogen and oxygen atoms in total. The number of nitrogens with one attached hydrogen (secondary N) is 1. The highest BCUT2D eigenvalue weighted by molar-refractivity contribution is 7.10. The number of amides is 1. The van der Waals surface area contributed by atoms with E-state index in [4.69, 9.17) is 9.47 Å². The standard InChI is InChI=1S/C20H24N2O3S/c1-24-18-7-5-16(14-19(18)25-2)15-21-9-11-22(12-10-21)20(23)8-6-17-4-3-13-26-17/h3-8,13-14H,9-12,15H2,1-2H3/p+1/b8-6+. The number of piperazine rings is 1. The second kappa shape index (κ2) is 8.87. The van der Waals surface area contributed by atoms with Crippen LogP contribution in [0.1, 0.15) is 10.4 Å². The zero-order valence-electron chi connectivity index (χ0n) is 15.2. The number of nitrogens with zero attached hydrogens (tertiary/aromatic N) is 1. The molecule has 0 aliphatic carbocycles. The summed E-state index contributed by atoms with van der Waals surface area (Å²) in [7, 11) is 3.30. The van der Waals surface area contributed by atoms with E-state index in [2.05, 4.69) is 6.07 Å². The van der Waals surface area contributed by atoms with Crippen LogP contribution in [0, 0.1) is 0 Å². The fourth-order valence-electron chi connectivity index (χ4n) is 3.14. The van der Waals surface area contributed by atoms with Gasteiger partial charge in [-0.3, -0.25) is 4.79 Å². The maximum atomic E-state index is 12.3. The molecule has 0 atom stereocenters. The first-order valence-corrected chi connectivity index (χ1v) is 9.62. The average Bonchev–Trinajstić information content (AvgIpc) is 3.20. The van der Waals surface area contributed by atoms with Crippen molar-refractivity contribution in [2.24, 2.45) is 0 Å². The average molecular weight is 373 g/mol. The van der Waals surface area contributed by atoms with E-state index in [1.807, 2.05) is 40.6 Å². The van der Waals surface area contributed by atoms with Gasteiger partial charge in [0.25, 0.3) is 0 Å². The van der Waals surface area contributed by atoms with E-state index in [0.717, 1.165) is 49.1 Å². The number of benzene rings is 1. The number of carbonyl (C=O) groups excluding carboxylic acids is 1. The van der Waals surface area contributed by atoms with Crippen LogP contribution in [-0.4, -0.2) is 51.2 Å². The lowest BCUT2D eigenvalue weighted by Crippen LogP contribution is -3.13. The summed E-state index contributed by atoms with van der Waals surface area (Å²) in [5.41, 5.74) is 1.22. The second-order valence-corrected chi connectivity index (χ2v) is 7.27. The van der Waals surface area contributed by atoms with Crippen molar-refractivity contribution in [3.63, 3.8) is 0 Å². The van der Waals surface area contributed by atoms with Gasteiger partial charge in [0, 0.05) is 16.5 Å². The van der Waals surface area contributed by atoms with E-state index >= 15 is 0 Å². The van der Waals surface area contributed by atoms with Crippen LogP contribution >= 0.6 is 11.3 Å². The van der Waals surface area contributed by atoms with Crippen molar-refractivity contribution in [1.29, 1.82) is 0 Å². The van der Waals surface area contributed by atoms with Crippen LogP contribution in [0.2, 0.25) is 0 Å². The molecular weight excluding hydrogens is 348 g/mol. The molecule has 1 N–H and O–H groups in total. The van der Waals surface area contributed by atoms with Crippen molar-refractivity contribution < 1.29 is 19.2 Å². The molecule has 2 aromatic rings. The molecular formula is C20H25N2O3S+. The summed E-state index contributed by atoms with van der Waals surface area (Å²) < 4.78 is 10.7. The van der Waals surface area contributed by atoms with Crippen molar-refractivity contribution in [2.45, 2.75) is 6.54 Å². The van der Waals surface area contributed by atoms with Gasteiger partial charge in [0.15, 0.2) is 11.5 Å². The molecule has 0 saturated carbocycles. The molecule has 0 radical (unpaired) electrons. The minimum Gasteiger partial charge on any atom is -0.493 e. The van der Waals surface area contributed by atoms with E-state index < -0.39 is 0 Å². The summed E-state index contributed by atoms with van der Waals surface area (Å²) in [5, 5.41) is 2.01. The van der Waals surface area contributed by atoms with Crippen molar-refractivity contribution in [2.75, 3.05) is 40.4 Å². The lowest BCUT2D eigenvalue weighted by Gasteiger charge is -2.31. The van der Waals surface area contributed by atoms with Gasteiger partial charge in [-0.15, -0.1) is 11.3 Å². The van der Waals surface area contributed by atoms with Crippen LogP contribution in [0.4, 0.5) is 0 Å². The Kier molecular flexibility index (Phi) is 6.30. The van der Waals surface area contributed by atoms with Gasteiger partial charge in [-0.25, -0.2) is 0 Å². The lowest BCUT2D eigenvalue weighted by molar-refractivity contribution is -0.917. The maximum Gasteiger partial charge on any atom is 0.247 e. The number of ether oxygens (including phenoxy) is 2. The molecule has 0 unspecified atom stereocenters. The van der Waals surface area contributed by atoms with Gasteiger partial charge in [0.1, 0.15) is 6.54 Å². The van der Waals surface area contributed by atoms with E-state index in [1.165, 1.54) is 10.5 Å². The topological polar surface area (TPSA) is 43.2 Å². The van der Waals surface area contributed by atoms with Crippen LogP contribution < -0.4 is 14.4 Å². The van der Waals surface area contributed by atoms with E-state index in [0.29, 0.717) is 0 Å². The Balaban J connectivity index is 1.51. The molecule has 1 aromatic heterocycles. The number of methoxy groups -OCH3 is 2. The summed E-state index contributed by atoms with van der Waals surface area (Å²) in [6, 6.07) is 10.1. The molecule has 1 saturated heterocycles. The van der Waals surface area contributed by atoms with E-state index in [-0.39, 0.29) is 5.91 Å². The predicted molar refractivity (Wildman–Crippen MR) is 104 cm³/mol. The third-order valence-electron chi connectivity index (χ3n) is 4.62. The third-order valence-corrected chi connectivity index (χ3v) is 5.46. The number of hydrogen-bond acceptors (Lipinski definition) is 4. The van der Waals surface area contributed by atoms with Gasteiger partial charge in [0.05, 0.1) is 40.4 Å². The van der Waals surface area contributed by atoms with Gasteiger partial charge in [-0.2, -0.15) is 0 Å². The number of hydrogen-bond donors (Lipinski definition) is 1. The lowest BCUT2D eigenvalue weighted by atomic mass is 10.1. The van der Waals surface area contributed by atoms with E-state index in [9.17, 15) is 4.79 Å². The molecule has 138 valence electrons. The zero-order valence-corrected chi connectivity index (χ0v) is 16.1. The van der Waals surface area contributed by atoms with Crippen LogP contribution in [0.25, 0.3) is 6.08 Å². The molecule has 6 heteroatoms. The summed E-state index contributed by atoms with van der Waals surface area (Å²) in [6.07, 6.45) is 3.58. The Morgan fingerprint density at radius 3 is 2.62 bits per heavy atom. The Hall–Kier alpha value is -2.31. The van der Waals surface area contributed by atoms with Gasteiger partial charge >= 0.3 is 0 Å². The highest BCUT2D eigenvalue weighted by Crippen LogP contribution is 2.27. The van der Waals surface area contributed by atoms with Crippen molar-refractivity contribution in [3.8, 4) is 11.5 Å². The fraction of sp³-hybridized carbons (Fsp3) is 0.350. The molecule has 1 amide bonds. The number of quaternary nitrogens is 1. The first-order valence-electron chi connectivity index (χ1n) is 8.74. The molecule has 2 heterocycles.